The fourth-order valence-corrected chi connectivity index (χ4v) is 4.69. The number of hydrogen-bond donors (Lipinski definition) is 2. The molecule has 0 spiro atoms. The van der Waals surface area contributed by atoms with Crippen molar-refractivity contribution < 1.29 is 4.79 Å². The maximum absolute atomic E-state index is 12.8. The van der Waals surface area contributed by atoms with Crippen molar-refractivity contribution in [2.75, 3.05) is 0 Å². The Hall–Kier alpha value is -0.570. The second kappa shape index (κ2) is 6.28. The Bertz CT molecular complexity index is 369. The van der Waals surface area contributed by atoms with Gasteiger partial charge in [-0.3, -0.25) is 4.79 Å². The summed E-state index contributed by atoms with van der Waals surface area (Å²) in [4.78, 5) is 12.8. The Kier molecular flexibility index (Phi) is 5.02. The lowest BCUT2D eigenvalue weighted by Gasteiger charge is -2.46. The SMILES string of the molecule is CC1CC(C)CC(NC(=O)C2CCC(N)C(C)C2(C)C)C1. The summed E-state index contributed by atoms with van der Waals surface area (Å²) in [6, 6.07) is 0.608. The van der Waals surface area contributed by atoms with Gasteiger partial charge in [-0.25, -0.2) is 0 Å². The van der Waals surface area contributed by atoms with E-state index in [1.807, 2.05) is 0 Å². The van der Waals surface area contributed by atoms with Crippen molar-refractivity contribution in [3.05, 3.63) is 0 Å². The van der Waals surface area contributed by atoms with Gasteiger partial charge in [0.2, 0.25) is 5.91 Å². The van der Waals surface area contributed by atoms with E-state index in [4.69, 9.17) is 5.73 Å². The molecular weight excluding hydrogens is 260 g/mol. The van der Waals surface area contributed by atoms with Crippen LogP contribution in [-0.4, -0.2) is 18.0 Å². The van der Waals surface area contributed by atoms with Gasteiger partial charge in [-0.15, -0.1) is 0 Å². The molecule has 2 saturated carbocycles. The van der Waals surface area contributed by atoms with Crippen LogP contribution in [0.15, 0.2) is 0 Å². The minimum atomic E-state index is -0.00630. The predicted molar refractivity (Wildman–Crippen MR) is 87.8 cm³/mol. The molecule has 1 amide bonds. The highest BCUT2D eigenvalue weighted by molar-refractivity contribution is 5.80. The highest BCUT2D eigenvalue weighted by atomic mass is 16.2. The summed E-state index contributed by atoms with van der Waals surface area (Å²) >= 11 is 0. The first kappa shape index (κ1) is 16.8. The molecule has 3 N–H and O–H groups in total. The summed E-state index contributed by atoms with van der Waals surface area (Å²) in [7, 11) is 0. The van der Waals surface area contributed by atoms with Gasteiger partial charge in [0.05, 0.1) is 0 Å². The van der Waals surface area contributed by atoms with Crippen molar-refractivity contribution in [3.63, 3.8) is 0 Å². The third-order valence-electron chi connectivity index (χ3n) is 6.34. The molecule has 0 heterocycles. The lowest BCUT2D eigenvalue weighted by molar-refractivity contribution is -0.133. The molecule has 21 heavy (non-hydrogen) atoms. The largest absolute Gasteiger partial charge is 0.353 e. The Morgan fingerprint density at radius 3 is 2.19 bits per heavy atom. The predicted octanol–water partition coefficient (Wildman–Crippen LogP) is 3.33. The molecule has 5 atom stereocenters. The number of rotatable bonds is 2. The molecule has 122 valence electrons. The van der Waals surface area contributed by atoms with E-state index in [9.17, 15) is 4.79 Å². The molecule has 0 aliphatic heterocycles. The molecule has 0 aromatic heterocycles. The lowest BCUT2D eigenvalue weighted by Crippen LogP contribution is -2.53. The van der Waals surface area contributed by atoms with E-state index < -0.39 is 0 Å². The quantitative estimate of drug-likeness (QED) is 0.821. The van der Waals surface area contributed by atoms with Gasteiger partial charge in [-0.2, -0.15) is 0 Å². The molecule has 3 heteroatoms. The van der Waals surface area contributed by atoms with Gasteiger partial charge in [0.25, 0.3) is 0 Å². The Morgan fingerprint density at radius 1 is 1.05 bits per heavy atom. The number of carbonyl (C=O) groups is 1. The van der Waals surface area contributed by atoms with Gasteiger partial charge in [-0.1, -0.05) is 34.6 Å². The third kappa shape index (κ3) is 3.61. The van der Waals surface area contributed by atoms with Gasteiger partial charge >= 0.3 is 0 Å². The fourth-order valence-electron chi connectivity index (χ4n) is 4.69. The Labute approximate surface area is 130 Å². The number of amides is 1. The Balaban J connectivity index is 1.99. The van der Waals surface area contributed by atoms with E-state index in [0.717, 1.165) is 37.5 Å². The molecule has 0 aromatic carbocycles. The van der Waals surface area contributed by atoms with E-state index in [1.54, 1.807) is 0 Å². The van der Waals surface area contributed by atoms with Crippen molar-refractivity contribution in [1.82, 2.24) is 5.32 Å². The minimum absolute atomic E-state index is 0.00630. The smallest absolute Gasteiger partial charge is 0.223 e. The fraction of sp³-hybridized carbons (Fsp3) is 0.944. The molecule has 0 aromatic rings. The Morgan fingerprint density at radius 2 is 1.62 bits per heavy atom. The van der Waals surface area contributed by atoms with Crippen molar-refractivity contribution in [2.24, 2.45) is 34.8 Å². The molecule has 5 unspecified atom stereocenters. The van der Waals surface area contributed by atoms with Crippen LogP contribution >= 0.6 is 0 Å². The van der Waals surface area contributed by atoms with Gasteiger partial charge in [0, 0.05) is 18.0 Å². The van der Waals surface area contributed by atoms with E-state index in [2.05, 4.69) is 39.9 Å². The maximum Gasteiger partial charge on any atom is 0.223 e. The topological polar surface area (TPSA) is 55.1 Å². The summed E-state index contributed by atoms with van der Waals surface area (Å²) in [6.45, 7) is 11.2. The molecule has 0 radical (unpaired) electrons. The van der Waals surface area contributed by atoms with Gasteiger partial charge in [0.15, 0.2) is 0 Å². The van der Waals surface area contributed by atoms with Crippen LogP contribution in [0.1, 0.15) is 66.7 Å². The highest BCUT2D eigenvalue weighted by Crippen LogP contribution is 2.44. The van der Waals surface area contributed by atoms with E-state index in [-0.39, 0.29) is 23.3 Å². The molecule has 2 aliphatic carbocycles. The zero-order valence-corrected chi connectivity index (χ0v) is 14.5. The summed E-state index contributed by atoms with van der Waals surface area (Å²) in [6.07, 6.45) is 5.48. The average Bonchev–Trinajstić information content (AvgIpc) is 2.34. The molecule has 2 aliphatic rings. The van der Waals surface area contributed by atoms with Gasteiger partial charge in [-0.05, 0) is 55.3 Å². The number of nitrogens with two attached hydrogens (primary N) is 1. The zero-order chi connectivity index (χ0) is 15.8. The number of carbonyl (C=O) groups excluding carboxylic acids is 1. The lowest BCUT2D eigenvalue weighted by atomic mass is 9.61. The van der Waals surface area contributed by atoms with Crippen LogP contribution < -0.4 is 11.1 Å². The number of hydrogen-bond acceptors (Lipinski definition) is 2. The third-order valence-corrected chi connectivity index (χ3v) is 6.34. The van der Waals surface area contributed by atoms with Crippen LogP contribution in [0.4, 0.5) is 0 Å². The number of nitrogens with one attached hydrogen (secondary N) is 1. The average molecular weight is 294 g/mol. The van der Waals surface area contributed by atoms with E-state index in [1.165, 1.54) is 6.42 Å². The zero-order valence-electron chi connectivity index (χ0n) is 14.5. The molecular formula is C18H34N2O. The van der Waals surface area contributed by atoms with Crippen molar-refractivity contribution >= 4 is 5.91 Å². The first-order valence-electron chi connectivity index (χ1n) is 8.77. The van der Waals surface area contributed by atoms with Crippen LogP contribution in [0.25, 0.3) is 0 Å². The van der Waals surface area contributed by atoms with Gasteiger partial charge in [0.1, 0.15) is 0 Å². The molecule has 0 bridgehead atoms. The minimum Gasteiger partial charge on any atom is -0.353 e. The summed E-state index contributed by atoms with van der Waals surface area (Å²) in [5, 5.41) is 3.36. The normalized spacial score (nSPS) is 43.3. The molecule has 0 saturated heterocycles. The van der Waals surface area contributed by atoms with Crippen molar-refractivity contribution in [3.8, 4) is 0 Å². The maximum atomic E-state index is 12.8. The van der Waals surface area contributed by atoms with Crippen molar-refractivity contribution in [1.29, 1.82) is 0 Å². The monoisotopic (exact) mass is 294 g/mol. The van der Waals surface area contributed by atoms with Crippen LogP contribution in [0.5, 0.6) is 0 Å². The highest BCUT2D eigenvalue weighted by Gasteiger charge is 2.45. The molecule has 2 fully saturated rings. The van der Waals surface area contributed by atoms with Crippen LogP contribution in [0, 0.1) is 29.1 Å². The van der Waals surface area contributed by atoms with E-state index in [0.29, 0.717) is 12.0 Å². The first-order chi connectivity index (χ1) is 9.71. The van der Waals surface area contributed by atoms with E-state index >= 15 is 0 Å². The summed E-state index contributed by atoms with van der Waals surface area (Å²) in [5.41, 5.74) is 6.20. The second-order valence-electron chi connectivity index (χ2n) is 8.53. The second-order valence-corrected chi connectivity index (χ2v) is 8.53. The standard InChI is InChI=1S/C18H34N2O/c1-11-8-12(2)10-14(9-11)20-17(21)15-6-7-16(19)13(3)18(15,4)5/h11-16H,6-10,19H2,1-5H3,(H,20,21). The summed E-state index contributed by atoms with van der Waals surface area (Å²) < 4.78 is 0. The molecule has 3 nitrogen and oxygen atoms in total. The van der Waals surface area contributed by atoms with Gasteiger partial charge < -0.3 is 11.1 Å². The van der Waals surface area contributed by atoms with Crippen LogP contribution in [0.3, 0.4) is 0 Å². The molecule has 2 rings (SSSR count). The first-order valence-corrected chi connectivity index (χ1v) is 8.77. The summed E-state index contributed by atoms with van der Waals surface area (Å²) in [5.74, 6) is 2.23. The van der Waals surface area contributed by atoms with Crippen molar-refractivity contribution in [2.45, 2.75) is 78.8 Å². The van der Waals surface area contributed by atoms with Crippen LogP contribution in [0.2, 0.25) is 0 Å². The van der Waals surface area contributed by atoms with Crippen LogP contribution in [-0.2, 0) is 4.79 Å².